The fourth-order valence-corrected chi connectivity index (χ4v) is 3.30. The third kappa shape index (κ3) is 3.47. The van der Waals surface area contributed by atoms with Crippen LogP contribution in [0.2, 0.25) is 0 Å². The molecule has 0 amide bonds. The Hall–Kier alpha value is -3.39. The summed E-state index contributed by atoms with van der Waals surface area (Å²) < 4.78 is 5.31. The van der Waals surface area contributed by atoms with Gasteiger partial charge in [-0.25, -0.2) is 0 Å². The SMILES string of the molecule is COc1ccc(-c2nccc(-c3ccccc3)c2-c2ccc(C)cc2)cc1. The zero-order valence-electron chi connectivity index (χ0n) is 15.5. The van der Waals surface area contributed by atoms with E-state index in [-0.39, 0.29) is 0 Å². The molecule has 0 saturated carbocycles. The van der Waals surface area contributed by atoms with E-state index >= 15 is 0 Å². The Bertz CT molecular complexity index is 1040. The second kappa shape index (κ2) is 7.46. The average molecular weight is 351 g/mol. The summed E-state index contributed by atoms with van der Waals surface area (Å²) in [6.07, 6.45) is 1.89. The molecule has 0 bridgehead atoms. The van der Waals surface area contributed by atoms with Crippen LogP contribution >= 0.6 is 0 Å². The Morgan fingerprint density at radius 3 is 2.00 bits per heavy atom. The van der Waals surface area contributed by atoms with Gasteiger partial charge in [0.25, 0.3) is 0 Å². The van der Waals surface area contributed by atoms with Crippen LogP contribution in [0.15, 0.2) is 91.1 Å². The predicted molar refractivity (Wildman–Crippen MR) is 112 cm³/mol. The van der Waals surface area contributed by atoms with E-state index in [1.54, 1.807) is 7.11 Å². The highest BCUT2D eigenvalue weighted by Crippen LogP contribution is 2.39. The second-order valence-corrected chi connectivity index (χ2v) is 6.54. The monoisotopic (exact) mass is 351 g/mol. The van der Waals surface area contributed by atoms with E-state index in [2.05, 4.69) is 73.7 Å². The van der Waals surface area contributed by atoms with Crippen molar-refractivity contribution in [2.75, 3.05) is 7.11 Å². The molecule has 1 heterocycles. The third-order valence-corrected chi connectivity index (χ3v) is 4.74. The molecule has 0 aliphatic rings. The molecule has 4 aromatic rings. The van der Waals surface area contributed by atoms with Crippen molar-refractivity contribution in [1.29, 1.82) is 0 Å². The number of rotatable bonds is 4. The lowest BCUT2D eigenvalue weighted by Gasteiger charge is -2.15. The average Bonchev–Trinajstić information content (AvgIpc) is 2.74. The third-order valence-electron chi connectivity index (χ3n) is 4.74. The molecule has 0 saturated heterocycles. The molecular weight excluding hydrogens is 330 g/mol. The maximum atomic E-state index is 5.31. The Balaban J connectivity index is 1.96. The van der Waals surface area contributed by atoms with Gasteiger partial charge in [-0.1, -0.05) is 60.2 Å². The van der Waals surface area contributed by atoms with E-state index in [1.165, 1.54) is 22.3 Å². The number of aryl methyl sites for hydroxylation is 1. The van der Waals surface area contributed by atoms with Gasteiger partial charge < -0.3 is 4.74 Å². The van der Waals surface area contributed by atoms with Crippen LogP contribution in [0, 0.1) is 6.92 Å². The number of aromatic nitrogens is 1. The van der Waals surface area contributed by atoms with Crippen molar-refractivity contribution < 1.29 is 4.74 Å². The van der Waals surface area contributed by atoms with E-state index in [9.17, 15) is 0 Å². The molecule has 0 fully saturated rings. The van der Waals surface area contributed by atoms with Crippen LogP contribution < -0.4 is 4.74 Å². The van der Waals surface area contributed by atoms with Gasteiger partial charge in [-0.3, -0.25) is 4.98 Å². The molecule has 27 heavy (non-hydrogen) atoms. The molecule has 3 aromatic carbocycles. The van der Waals surface area contributed by atoms with E-state index < -0.39 is 0 Å². The summed E-state index contributed by atoms with van der Waals surface area (Å²) in [7, 11) is 1.68. The van der Waals surface area contributed by atoms with Crippen molar-refractivity contribution in [3.8, 4) is 39.3 Å². The molecule has 0 atom stereocenters. The van der Waals surface area contributed by atoms with Crippen molar-refractivity contribution in [3.63, 3.8) is 0 Å². The summed E-state index contributed by atoms with van der Waals surface area (Å²) in [4.78, 5) is 4.75. The highest BCUT2D eigenvalue weighted by Gasteiger charge is 2.15. The fourth-order valence-electron chi connectivity index (χ4n) is 3.30. The predicted octanol–water partition coefficient (Wildman–Crippen LogP) is 6.40. The van der Waals surface area contributed by atoms with Crippen LogP contribution in [0.25, 0.3) is 33.5 Å². The Labute approximate surface area is 160 Å². The maximum Gasteiger partial charge on any atom is 0.118 e. The lowest BCUT2D eigenvalue weighted by atomic mass is 9.91. The fraction of sp³-hybridized carbons (Fsp3) is 0.0800. The van der Waals surface area contributed by atoms with Gasteiger partial charge in [-0.2, -0.15) is 0 Å². The molecule has 0 aliphatic carbocycles. The number of hydrogen-bond donors (Lipinski definition) is 0. The molecule has 132 valence electrons. The lowest BCUT2D eigenvalue weighted by molar-refractivity contribution is 0.415. The molecular formula is C25H21NO. The van der Waals surface area contributed by atoms with Gasteiger partial charge in [0.15, 0.2) is 0 Å². The van der Waals surface area contributed by atoms with E-state index in [0.717, 1.165) is 22.6 Å². The van der Waals surface area contributed by atoms with Gasteiger partial charge in [-0.15, -0.1) is 0 Å². The molecule has 0 N–H and O–H groups in total. The first-order valence-corrected chi connectivity index (χ1v) is 9.02. The molecule has 2 nitrogen and oxygen atoms in total. The summed E-state index contributed by atoms with van der Waals surface area (Å²) in [6.45, 7) is 2.11. The van der Waals surface area contributed by atoms with Gasteiger partial charge in [0.2, 0.25) is 0 Å². The van der Waals surface area contributed by atoms with E-state index in [1.807, 2.05) is 24.4 Å². The molecule has 2 heteroatoms. The molecule has 0 aliphatic heterocycles. The van der Waals surface area contributed by atoms with Gasteiger partial charge in [-0.05, 0) is 53.9 Å². The van der Waals surface area contributed by atoms with Crippen molar-refractivity contribution in [1.82, 2.24) is 4.98 Å². The minimum atomic E-state index is 0.842. The smallest absolute Gasteiger partial charge is 0.118 e. The van der Waals surface area contributed by atoms with Crippen LogP contribution in [-0.2, 0) is 0 Å². The first-order chi connectivity index (χ1) is 13.3. The number of pyridine rings is 1. The van der Waals surface area contributed by atoms with Crippen molar-refractivity contribution in [2.24, 2.45) is 0 Å². The van der Waals surface area contributed by atoms with Gasteiger partial charge in [0.1, 0.15) is 5.75 Å². The quantitative estimate of drug-likeness (QED) is 0.424. The topological polar surface area (TPSA) is 22.1 Å². The highest BCUT2D eigenvalue weighted by atomic mass is 16.5. The molecule has 0 spiro atoms. The summed E-state index contributed by atoms with van der Waals surface area (Å²) in [6, 6.07) is 29.3. The zero-order chi connectivity index (χ0) is 18.6. The maximum absolute atomic E-state index is 5.31. The number of nitrogens with zero attached hydrogens (tertiary/aromatic N) is 1. The van der Waals surface area contributed by atoms with Crippen LogP contribution in [0.3, 0.4) is 0 Å². The highest BCUT2D eigenvalue weighted by molar-refractivity contribution is 5.92. The first kappa shape index (κ1) is 17.0. The van der Waals surface area contributed by atoms with E-state index in [4.69, 9.17) is 9.72 Å². The Morgan fingerprint density at radius 1 is 0.667 bits per heavy atom. The van der Waals surface area contributed by atoms with Crippen molar-refractivity contribution in [3.05, 3.63) is 96.7 Å². The first-order valence-electron chi connectivity index (χ1n) is 9.02. The standard InChI is InChI=1S/C25H21NO/c1-18-8-10-20(11-9-18)24-23(19-6-4-3-5-7-19)16-17-26-25(24)21-12-14-22(27-2)15-13-21/h3-17H,1-2H3. The summed E-state index contributed by atoms with van der Waals surface area (Å²) >= 11 is 0. The number of benzene rings is 3. The lowest BCUT2D eigenvalue weighted by Crippen LogP contribution is -1.94. The number of ether oxygens (including phenoxy) is 1. The summed E-state index contributed by atoms with van der Waals surface area (Å²) in [5.74, 6) is 0.842. The summed E-state index contributed by atoms with van der Waals surface area (Å²) in [5.41, 5.74) is 7.97. The van der Waals surface area contributed by atoms with Crippen molar-refractivity contribution >= 4 is 0 Å². The minimum absolute atomic E-state index is 0.842. The van der Waals surface area contributed by atoms with Gasteiger partial charge >= 0.3 is 0 Å². The number of hydrogen-bond acceptors (Lipinski definition) is 2. The second-order valence-electron chi connectivity index (χ2n) is 6.54. The molecule has 1 aromatic heterocycles. The van der Waals surface area contributed by atoms with E-state index in [0.29, 0.717) is 0 Å². The summed E-state index contributed by atoms with van der Waals surface area (Å²) in [5, 5.41) is 0. The largest absolute Gasteiger partial charge is 0.497 e. The van der Waals surface area contributed by atoms with Gasteiger partial charge in [0, 0.05) is 17.3 Å². The van der Waals surface area contributed by atoms with Crippen LogP contribution in [0.1, 0.15) is 5.56 Å². The molecule has 0 unspecified atom stereocenters. The van der Waals surface area contributed by atoms with Crippen LogP contribution in [0.4, 0.5) is 0 Å². The van der Waals surface area contributed by atoms with Gasteiger partial charge in [0.05, 0.1) is 12.8 Å². The normalized spacial score (nSPS) is 10.6. The molecule has 4 rings (SSSR count). The zero-order valence-corrected chi connectivity index (χ0v) is 15.5. The Kier molecular flexibility index (Phi) is 4.71. The minimum Gasteiger partial charge on any atom is -0.497 e. The van der Waals surface area contributed by atoms with Crippen LogP contribution in [-0.4, -0.2) is 12.1 Å². The number of methoxy groups -OCH3 is 1. The van der Waals surface area contributed by atoms with Crippen molar-refractivity contribution in [2.45, 2.75) is 6.92 Å². The van der Waals surface area contributed by atoms with Crippen LogP contribution in [0.5, 0.6) is 5.75 Å². The molecule has 0 radical (unpaired) electrons. The Morgan fingerprint density at radius 2 is 1.33 bits per heavy atom.